The fraction of sp³-hybridized carbons (Fsp3) is 0.538. The highest BCUT2D eigenvalue weighted by atomic mass is 19.1. The maximum absolute atomic E-state index is 12.8. The number of hydrogen-bond acceptors (Lipinski definition) is 2. The van der Waals surface area contributed by atoms with Crippen molar-refractivity contribution in [3.8, 4) is 0 Å². The van der Waals surface area contributed by atoms with Crippen molar-refractivity contribution in [1.29, 1.82) is 0 Å². The molecule has 88 valence electrons. The second-order valence-electron chi connectivity index (χ2n) is 4.97. The van der Waals surface area contributed by atoms with Gasteiger partial charge in [0.25, 0.3) is 0 Å². The van der Waals surface area contributed by atoms with E-state index in [4.69, 9.17) is 5.73 Å². The van der Waals surface area contributed by atoms with Crippen molar-refractivity contribution in [2.75, 3.05) is 20.1 Å². The van der Waals surface area contributed by atoms with Gasteiger partial charge in [-0.05, 0) is 57.1 Å². The Kier molecular flexibility index (Phi) is 3.26. The molecule has 2 nitrogen and oxygen atoms in total. The van der Waals surface area contributed by atoms with Crippen LogP contribution in [0.15, 0.2) is 24.3 Å². The lowest BCUT2D eigenvalue weighted by Gasteiger charge is -2.37. The van der Waals surface area contributed by atoms with E-state index in [1.807, 2.05) is 12.1 Å². The number of piperidine rings is 1. The minimum absolute atomic E-state index is 0.107. The van der Waals surface area contributed by atoms with Crippen LogP contribution in [0.2, 0.25) is 0 Å². The molecule has 0 saturated carbocycles. The van der Waals surface area contributed by atoms with Crippen LogP contribution in [0.3, 0.4) is 0 Å². The molecule has 2 rings (SSSR count). The van der Waals surface area contributed by atoms with Crippen LogP contribution in [0.5, 0.6) is 0 Å². The normalized spacial score (nSPS) is 20.9. The predicted octanol–water partition coefficient (Wildman–Crippen LogP) is 1.79. The number of hydrogen-bond donors (Lipinski definition) is 1. The predicted molar refractivity (Wildman–Crippen MR) is 63.8 cm³/mol. The first kappa shape index (κ1) is 11.6. The first-order chi connectivity index (χ1) is 7.57. The molecule has 3 heteroatoms. The van der Waals surface area contributed by atoms with Crippen molar-refractivity contribution < 1.29 is 4.39 Å². The molecule has 1 aliphatic rings. The van der Waals surface area contributed by atoms with Gasteiger partial charge in [-0.3, -0.25) is 0 Å². The number of nitrogens with two attached hydrogens (primary N) is 1. The molecule has 0 amide bonds. The molecule has 2 N–H and O–H groups in total. The van der Waals surface area contributed by atoms with Crippen molar-refractivity contribution in [1.82, 2.24) is 4.90 Å². The van der Waals surface area contributed by atoms with Gasteiger partial charge in [-0.2, -0.15) is 0 Å². The summed E-state index contributed by atoms with van der Waals surface area (Å²) in [6.45, 7) is 2.11. The largest absolute Gasteiger partial charge is 0.325 e. The summed E-state index contributed by atoms with van der Waals surface area (Å²) in [5.74, 6) is -0.182. The monoisotopic (exact) mass is 222 g/mol. The molecule has 1 saturated heterocycles. The lowest BCUT2D eigenvalue weighted by molar-refractivity contribution is 0.190. The summed E-state index contributed by atoms with van der Waals surface area (Å²) in [4.78, 5) is 2.30. The molecule has 0 aromatic heterocycles. The number of nitrogens with zero attached hydrogens (tertiary/aromatic N) is 1. The van der Waals surface area contributed by atoms with Gasteiger partial charge in [0.1, 0.15) is 5.82 Å². The molecule has 0 aliphatic carbocycles. The molecule has 0 bridgehead atoms. The summed E-state index contributed by atoms with van der Waals surface area (Å²) in [5, 5.41) is 0. The summed E-state index contributed by atoms with van der Waals surface area (Å²) >= 11 is 0. The molecule has 1 aromatic carbocycles. The highest BCUT2D eigenvalue weighted by Crippen LogP contribution is 2.23. The molecule has 1 heterocycles. The van der Waals surface area contributed by atoms with E-state index in [-0.39, 0.29) is 11.4 Å². The highest BCUT2D eigenvalue weighted by Gasteiger charge is 2.29. The molecule has 0 atom stereocenters. The SMILES string of the molecule is CN1CCC(N)(Cc2ccc(F)cc2)CC1. The van der Waals surface area contributed by atoms with Crippen molar-refractivity contribution in [2.24, 2.45) is 5.73 Å². The summed E-state index contributed by atoms with van der Waals surface area (Å²) in [6, 6.07) is 6.69. The average Bonchev–Trinajstić information content (AvgIpc) is 2.27. The second kappa shape index (κ2) is 4.52. The molecule has 1 fully saturated rings. The Morgan fingerprint density at radius 2 is 1.81 bits per heavy atom. The smallest absolute Gasteiger partial charge is 0.123 e. The van der Waals surface area contributed by atoms with E-state index < -0.39 is 0 Å². The van der Waals surface area contributed by atoms with Gasteiger partial charge in [-0.25, -0.2) is 4.39 Å². The summed E-state index contributed by atoms with van der Waals surface area (Å²) < 4.78 is 12.8. The topological polar surface area (TPSA) is 29.3 Å². The third-order valence-electron chi connectivity index (χ3n) is 3.45. The first-order valence-corrected chi connectivity index (χ1v) is 5.79. The van der Waals surface area contributed by atoms with E-state index >= 15 is 0 Å². The minimum atomic E-state index is -0.182. The van der Waals surface area contributed by atoms with Crippen LogP contribution in [0, 0.1) is 5.82 Å². The Morgan fingerprint density at radius 1 is 1.25 bits per heavy atom. The lowest BCUT2D eigenvalue weighted by Crippen LogP contribution is -2.50. The molecule has 0 radical (unpaired) electrons. The van der Waals surface area contributed by atoms with Crippen LogP contribution < -0.4 is 5.73 Å². The van der Waals surface area contributed by atoms with Crippen LogP contribution in [-0.2, 0) is 6.42 Å². The van der Waals surface area contributed by atoms with E-state index in [0.29, 0.717) is 0 Å². The van der Waals surface area contributed by atoms with E-state index in [1.165, 1.54) is 12.1 Å². The van der Waals surface area contributed by atoms with E-state index in [2.05, 4.69) is 11.9 Å². The van der Waals surface area contributed by atoms with E-state index in [0.717, 1.165) is 37.9 Å². The molecule has 1 aliphatic heterocycles. The summed E-state index contributed by atoms with van der Waals surface area (Å²) in [5.41, 5.74) is 7.40. The molecule has 0 unspecified atom stereocenters. The Morgan fingerprint density at radius 3 is 2.38 bits per heavy atom. The lowest BCUT2D eigenvalue weighted by atomic mass is 9.83. The summed E-state index contributed by atoms with van der Waals surface area (Å²) in [6.07, 6.45) is 2.88. The number of likely N-dealkylation sites (tertiary alicyclic amines) is 1. The van der Waals surface area contributed by atoms with Gasteiger partial charge in [0.2, 0.25) is 0 Å². The fourth-order valence-corrected chi connectivity index (χ4v) is 2.25. The number of halogens is 1. The quantitative estimate of drug-likeness (QED) is 0.826. The van der Waals surface area contributed by atoms with Gasteiger partial charge in [-0.15, -0.1) is 0 Å². The zero-order valence-corrected chi connectivity index (χ0v) is 9.75. The van der Waals surface area contributed by atoms with E-state index in [9.17, 15) is 4.39 Å². The van der Waals surface area contributed by atoms with Gasteiger partial charge in [0.15, 0.2) is 0 Å². The average molecular weight is 222 g/mol. The number of rotatable bonds is 2. The van der Waals surface area contributed by atoms with Gasteiger partial charge >= 0.3 is 0 Å². The molecular formula is C13H19FN2. The molecular weight excluding hydrogens is 203 g/mol. The maximum Gasteiger partial charge on any atom is 0.123 e. The molecule has 16 heavy (non-hydrogen) atoms. The van der Waals surface area contributed by atoms with Crippen molar-refractivity contribution in [3.63, 3.8) is 0 Å². The Bertz CT molecular complexity index is 339. The first-order valence-electron chi connectivity index (χ1n) is 5.79. The zero-order chi connectivity index (χ0) is 11.6. The molecule has 1 aromatic rings. The van der Waals surface area contributed by atoms with Crippen LogP contribution in [0.4, 0.5) is 4.39 Å². The van der Waals surface area contributed by atoms with Gasteiger partial charge in [0, 0.05) is 5.54 Å². The fourth-order valence-electron chi connectivity index (χ4n) is 2.25. The highest BCUT2D eigenvalue weighted by molar-refractivity contribution is 5.19. The summed E-state index contributed by atoms with van der Waals surface area (Å²) in [7, 11) is 2.12. The standard InChI is InChI=1S/C13H19FN2/c1-16-8-6-13(15,7-9-16)10-11-2-4-12(14)5-3-11/h2-5H,6-10,15H2,1H3. The minimum Gasteiger partial charge on any atom is -0.325 e. The van der Waals surface area contributed by atoms with Gasteiger partial charge in [-0.1, -0.05) is 12.1 Å². The van der Waals surface area contributed by atoms with E-state index in [1.54, 1.807) is 0 Å². The van der Waals surface area contributed by atoms with Crippen LogP contribution in [0.1, 0.15) is 18.4 Å². The van der Waals surface area contributed by atoms with Crippen LogP contribution in [0.25, 0.3) is 0 Å². The zero-order valence-electron chi connectivity index (χ0n) is 9.75. The van der Waals surface area contributed by atoms with Crippen LogP contribution in [-0.4, -0.2) is 30.6 Å². The Hall–Kier alpha value is -0.930. The number of benzene rings is 1. The van der Waals surface area contributed by atoms with Crippen molar-refractivity contribution in [3.05, 3.63) is 35.6 Å². The van der Waals surface area contributed by atoms with Crippen LogP contribution >= 0.6 is 0 Å². The van der Waals surface area contributed by atoms with Crippen molar-refractivity contribution >= 4 is 0 Å². The third-order valence-corrected chi connectivity index (χ3v) is 3.45. The maximum atomic E-state index is 12.8. The molecule has 0 spiro atoms. The third kappa shape index (κ3) is 2.80. The van der Waals surface area contributed by atoms with Crippen molar-refractivity contribution in [2.45, 2.75) is 24.8 Å². The van der Waals surface area contributed by atoms with Gasteiger partial charge < -0.3 is 10.6 Å². The van der Waals surface area contributed by atoms with Gasteiger partial charge in [0.05, 0.1) is 0 Å². The second-order valence-corrected chi connectivity index (χ2v) is 4.97. The Labute approximate surface area is 96.2 Å². The Balaban J connectivity index is 2.00.